The maximum atomic E-state index is 11.4. The minimum Gasteiger partial charge on any atom is -0.467 e. The predicted octanol–water partition coefficient (Wildman–Crippen LogP) is 1.38. The first-order chi connectivity index (χ1) is 7.20. The molecule has 4 nitrogen and oxygen atoms in total. The highest BCUT2D eigenvalue weighted by Crippen LogP contribution is 2.28. The average molecular weight is 232 g/mol. The molecule has 5 heteroatoms. The molecule has 1 aliphatic rings. The zero-order valence-corrected chi connectivity index (χ0v) is 9.84. The summed E-state index contributed by atoms with van der Waals surface area (Å²) >= 11 is 1.25. The Balaban J connectivity index is 2.12. The molecule has 0 amide bonds. The molecule has 1 fully saturated rings. The SMILES string of the molecule is CCCCCSC(=O)[C@@H]1O[C@@H]1C(=O)OC. The van der Waals surface area contributed by atoms with Crippen LogP contribution in [0.4, 0.5) is 0 Å². The van der Waals surface area contributed by atoms with Crippen LogP contribution in [0.15, 0.2) is 0 Å². The van der Waals surface area contributed by atoms with Crippen LogP contribution in [-0.4, -0.2) is 36.2 Å². The zero-order chi connectivity index (χ0) is 11.3. The normalized spacial score (nSPS) is 23.6. The van der Waals surface area contributed by atoms with Crippen molar-refractivity contribution >= 4 is 22.8 Å². The summed E-state index contributed by atoms with van der Waals surface area (Å²) in [5.41, 5.74) is 0. The fraction of sp³-hybridized carbons (Fsp3) is 0.800. The van der Waals surface area contributed by atoms with Crippen molar-refractivity contribution in [1.82, 2.24) is 0 Å². The van der Waals surface area contributed by atoms with Crippen molar-refractivity contribution in [3.05, 3.63) is 0 Å². The molecule has 86 valence electrons. The molecule has 0 aromatic heterocycles. The maximum Gasteiger partial charge on any atom is 0.338 e. The molecule has 1 aliphatic heterocycles. The Morgan fingerprint density at radius 2 is 2.07 bits per heavy atom. The van der Waals surface area contributed by atoms with Gasteiger partial charge in [0.05, 0.1) is 7.11 Å². The third-order valence-electron chi connectivity index (χ3n) is 2.15. The molecule has 0 aliphatic carbocycles. The van der Waals surface area contributed by atoms with E-state index in [4.69, 9.17) is 4.74 Å². The number of ether oxygens (including phenoxy) is 2. The van der Waals surface area contributed by atoms with Crippen LogP contribution >= 0.6 is 11.8 Å². The first-order valence-electron chi connectivity index (χ1n) is 5.10. The van der Waals surface area contributed by atoms with E-state index < -0.39 is 18.2 Å². The molecule has 0 bridgehead atoms. The summed E-state index contributed by atoms with van der Waals surface area (Å²) in [5, 5.41) is -0.0542. The summed E-state index contributed by atoms with van der Waals surface area (Å²) in [5.74, 6) is 0.350. The number of carbonyl (C=O) groups excluding carboxylic acids is 2. The second kappa shape index (κ2) is 6.12. The lowest BCUT2D eigenvalue weighted by atomic mass is 10.3. The average Bonchev–Trinajstić information content (AvgIpc) is 3.03. The van der Waals surface area contributed by atoms with Crippen LogP contribution in [0.1, 0.15) is 26.2 Å². The minimum atomic E-state index is -0.652. The van der Waals surface area contributed by atoms with Crippen molar-refractivity contribution in [3.63, 3.8) is 0 Å². The summed E-state index contributed by atoms with van der Waals surface area (Å²) in [7, 11) is 1.29. The summed E-state index contributed by atoms with van der Waals surface area (Å²) < 4.78 is 9.42. The van der Waals surface area contributed by atoms with E-state index in [9.17, 15) is 9.59 Å². The molecule has 0 spiro atoms. The number of carbonyl (C=O) groups is 2. The predicted molar refractivity (Wildman–Crippen MR) is 57.7 cm³/mol. The van der Waals surface area contributed by atoms with E-state index in [1.807, 2.05) is 0 Å². The van der Waals surface area contributed by atoms with Gasteiger partial charge in [-0.05, 0) is 6.42 Å². The van der Waals surface area contributed by atoms with Crippen molar-refractivity contribution in [3.8, 4) is 0 Å². The number of hydrogen-bond donors (Lipinski definition) is 0. The van der Waals surface area contributed by atoms with Crippen LogP contribution in [-0.2, 0) is 19.1 Å². The summed E-state index contributed by atoms with van der Waals surface area (Å²) in [4.78, 5) is 22.4. The van der Waals surface area contributed by atoms with Gasteiger partial charge >= 0.3 is 5.97 Å². The monoisotopic (exact) mass is 232 g/mol. The smallest absolute Gasteiger partial charge is 0.338 e. The Bertz CT molecular complexity index is 242. The lowest BCUT2D eigenvalue weighted by Crippen LogP contribution is -2.15. The van der Waals surface area contributed by atoms with Crippen LogP contribution in [0.3, 0.4) is 0 Å². The molecule has 1 saturated heterocycles. The lowest BCUT2D eigenvalue weighted by molar-refractivity contribution is -0.142. The Kier molecular flexibility index (Phi) is 5.11. The van der Waals surface area contributed by atoms with E-state index >= 15 is 0 Å². The van der Waals surface area contributed by atoms with Crippen LogP contribution in [0.25, 0.3) is 0 Å². The second-order valence-corrected chi connectivity index (χ2v) is 4.47. The van der Waals surface area contributed by atoms with Gasteiger partial charge in [0.15, 0.2) is 12.2 Å². The molecule has 0 radical (unpaired) electrons. The van der Waals surface area contributed by atoms with Crippen LogP contribution in [0, 0.1) is 0 Å². The minimum absolute atomic E-state index is 0.0542. The molecule has 0 N–H and O–H groups in total. The highest BCUT2D eigenvalue weighted by Gasteiger charge is 2.51. The molecule has 1 heterocycles. The summed E-state index contributed by atoms with van der Waals surface area (Å²) in [6.45, 7) is 2.11. The van der Waals surface area contributed by atoms with Crippen molar-refractivity contribution in [1.29, 1.82) is 0 Å². The van der Waals surface area contributed by atoms with Gasteiger partial charge in [-0.15, -0.1) is 0 Å². The van der Waals surface area contributed by atoms with E-state index in [0.29, 0.717) is 0 Å². The van der Waals surface area contributed by atoms with Crippen LogP contribution in [0.5, 0.6) is 0 Å². The van der Waals surface area contributed by atoms with E-state index in [-0.39, 0.29) is 5.12 Å². The first-order valence-corrected chi connectivity index (χ1v) is 6.09. The van der Waals surface area contributed by atoms with Gasteiger partial charge in [0.2, 0.25) is 5.12 Å². The van der Waals surface area contributed by atoms with Gasteiger partial charge in [0.25, 0.3) is 0 Å². The number of thioether (sulfide) groups is 1. The van der Waals surface area contributed by atoms with Crippen LogP contribution < -0.4 is 0 Å². The fourth-order valence-corrected chi connectivity index (χ4v) is 2.09. The number of methoxy groups -OCH3 is 1. The summed E-state index contributed by atoms with van der Waals surface area (Å²) in [6.07, 6.45) is 2.08. The second-order valence-electron chi connectivity index (χ2n) is 3.38. The number of hydrogen-bond acceptors (Lipinski definition) is 5. The molecule has 2 atom stereocenters. The number of rotatable bonds is 6. The van der Waals surface area contributed by atoms with Gasteiger partial charge in [-0.3, -0.25) is 4.79 Å². The Morgan fingerprint density at radius 3 is 2.67 bits per heavy atom. The molecule has 0 unspecified atom stereocenters. The Hall–Kier alpha value is -0.550. The van der Waals surface area contributed by atoms with Crippen molar-refractivity contribution in [2.45, 2.75) is 38.4 Å². The third kappa shape index (κ3) is 3.83. The zero-order valence-electron chi connectivity index (χ0n) is 9.02. The van der Waals surface area contributed by atoms with E-state index in [2.05, 4.69) is 11.7 Å². The molecular formula is C10H16O4S. The highest BCUT2D eigenvalue weighted by atomic mass is 32.2. The Morgan fingerprint density at radius 1 is 1.33 bits per heavy atom. The summed E-state index contributed by atoms with van der Waals surface area (Å²) in [6, 6.07) is 0. The number of unbranched alkanes of at least 4 members (excludes halogenated alkanes) is 2. The van der Waals surface area contributed by atoms with Gasteiger partial charge in [-0.25, -0.2) is 4.79 Å². The quantitative estimate of drug-likeness (QED) is 0.393. The highest BCUT2D eigenvalue weighted by molar-refractivity contribution is 8.13. The molecule has 1 rings (SSSR count). The van der Waals surface area contributed by atoms with Crippen molar-refractivity contribution in [2.24, 2.45) is 0 Å². The number of epoxide rings is 1. The fourth-order valence-electron chi connectivity index (χ4n) is 1.19. The van der Waals surface area contributed by atoms with E-state index in [1.165, 1.54) is 18.9 Å². The van der Waals surface area contributed by atoms with Gasteiger partial charge < -0.3 is 9.47 Å². The molecule has 0 saturated carbocycles. The Labute approximate surface area is 93.7 Å². The van der Waals surface area contributed by atoms with Gasteiger partial charge in [0, 0.05) is 5.75 Å². The van der Waals surface area contributed by atoms with Gasteiger partial charge in [-0.1, -0.05) is 31.5 Å². The van der Waals surface area contributed by atoms with Crippen molar-refractivity contribution in [2.75, 3.05) is 12.9 Å². The molecular weight excluding hydrogens is 216 g/mol. The van der Waals surface area contributed by atoms with Crippen LogP contribution in [0.2, 0.25) is 0 Å². The largest absolute Gasteiger partial charge is 0.467 e. The molecule has 0 aromatic carbocycles. The topological polar surface area (TPSA) is 55.9 Å². The standard InChI is InChI=1S/C10H16O4S/c1-3-4-5-6-15-10(12)8-7(14-8)9(11)13-2/h7-8H,3-6H2,1-2H3/t7-,8+/m0/s1. The van der Waals surface area contributed by atoms with E-state index in [0.717, 1.165) is 25.0 Å². The van der Waals surface area contributed by atoms with Gasteiger partial charge in [0.1, 0.15) is 0 Å². The molecule has 15 heavy (non-hydrogen) atoms. The maximum absolute atomic E-state index is 11.4. The number of esters is 1. The molecule has 0 aromatic rings. The van der Waals surface area contributed by atoms with E-state index in [1.54, 1.807) is 0 Å². The lowest BCUT2D eigenvalue weighted by Gasteiger charge is -1.96. The van der Waals surface area contributed by atoms with Gasteiger partial charge in [-0.2, -0.15) is 0 Å². The third-order valence-corrected chi connectivity index (χ3v) is 3.16. The first kappa shape index (κ1) is 12.5. The van der Waals surface area contributed by atoms with Crippen molar-refractivity contribution < 1.29 is 19.1 Å².